The Kier molecular flexibility index (Phi) is 4.36. The zero-order chi connectivity index (χ0) is 19.4. The number of ether oxygens (including phenoxy) is 1. The molecule has 2 fully saturated rings. The molecule has 3 rings (SSSR count). The maximum absolute atomic E-state index is 14.3. The molecule has 0 aromatic heterocycles. The first kappa shape index (κ1) is 18.8. The molecule has 1 saturated heterocycles. The molecule has 26 heavy (non-hydrogen) atoms. The van der Waals surface area contributed by atoms with Crippen LogP contribution in [-0.2, 0) is 14.3 Å². The summed E-state index contributed by atoms with van der Waals surface area (Å²) in [6.45, 7) is 2.67. The van der Waals surface area contributed by atoms with E-state index in [9.17, 15) is 31.5 Å². The molecule has 0 N–H and O–H groups in total. The molecule has 8 heteroatoms. The predicted octanol–water partition coefficient (Wildman–Crippen LogP) is 4.53. The van der Waals surface area contributed by atoms with Gasteiger partial charge >= 0.3 is 5.97 Å². The van der Waals surface area contributed by atoms with E-state index in [4.69, 9.17) is 4.74 Å². The Balaban J connectivity index is 2.26. The molecule has 1 aliphatic carbocycles. The Labute approximate surface area is 146 Å². The fraction of sp³-hybridized carbons (Fsp3) is 0.556. The number of cyclic esters (lactones) is 1. The topological polar surface area (TPSA) is 43.4 Å². The molecule has 0 unspecified atom stereocenters. The van der Waals surface area contributed by atoms with Crippen LogP contribution < -0.4 is 0 Å². The number of rotatable bonds is 1. The number of hydrogen-bond donors (Lipinski definition) is 0. The SMILES string of the molecule is CC1(C)C(=O)O[C@H](c2c(F)c(F)c(F)c(F)c2F)C2(CCCCC2)C1=O. The van der Waals surface area contributed by atoms with E-state index in [1.165, 1.54) is 13.8 Å². The van der Waals surface area contributed by atoms with Gasteiger partial charge in [-0.2, -0.15) is 0 Å². The van der Waals surface area contributed by atoms with Crippen molar-refractivity contribution in [3.05, 3.63) is 34.6 Å². The van der Waals surface area contributed by atoms with Gasteiger partial charge in [-0.05, 0) is 26.7 Å². The monoisotopic (exact) mass is 376 g/mol. The van der Waals surface area contributed by atoms with Gasteiger partial charge < -0.3 is 4.74 Å². The van der Waals surface area contributed by atoms with Crippen LogP contribution in [0.1, 0.15) is 57.6 Å². The first-order valence-electron chi connectivity index (χ1n) is 8.33. The maximum atomic E-state index is 14.3. The van der Waals surface area contributed by atoms with Crippen LogP contribution in [0, 0.1) is 39.9 Å². The Morgan fingerprint density at radius 2 is 1.27 bits per heavy atom. The van der Waals surface area contributed by atoms with Gasteiger partial charge in [-0.1, -0.05) is 19.3 Å². The highest BCUT2D eigenvalue weighted by Gasteiger charge is 2.61. The summed E-state index contributed by atoms with van der Waals surface area (Å²) in [6, 6.07) is 0. The highest BCUT2D eigenvalue weighted by atomic mass is 19.2. The van der Waals surface area contributed by atoms with Crippen molar-refractivity contribution in [1.82, 2.24) is 0 Å². The molecule has 1 aliphatic heterocycles. The van der Waals surface area contributed by atoms with E-state index in [1.807, 2.05) is 0 Å². The first-order valence-corrected chi connectivity index (χ1v) is 8.33. The van der Waals surface area contributed by atoms with Crippen LogP contribution >= 0.6 is 0 Å². The minimum Gasteiger partial charge on any atom is -0.455 e. The summed E-state index contributed by atoms with van der Waals surface area (Å²) in [6.07, 6.45) is 0.240. The van der Waals surface area contributed by atoms with E-state index in [1.54, 1.807) is 0 Å². The molecule has 0 bridgehead atoms. The Morgan fingerprint density at radius 1 is 0.808 bits per heavy atom. The van der Waals surface area contributed by atoms with Gasteiger partial charge in [0.1, 0.15) is 11.5 Å². The summed E-state index contributed by atoms with van der Waals surface area (Å²) in [4.78, 5) is 25.3. The van der Waals surface area contributed by atoms with Crippen LogP contribution in [0.5, 0.6) is 0 Å². The standard InChI is InChI=1S/C18H17F5O3/c1-17(2)15(24)18(6-4-3-5-7-18)14(26-16(17)25)8-9(19)11(21)13(23)12(22)10(8)20/h14H,3-7H2,1-2H3/t14-/m1/s1. The fourth-order valence-corrected chi connectivity index (χ4v) is 4.06. The molecule has 142 valence electrons. The Morgan fingerprint density at radius 3 is 1.77 bits per heavy atom. The van der Waals surface area contributed by atoms with Crippen LogP contribution in [0.3, 0.4) is 0 Å². The molecule has 0 radical (unpaired) electrons. The van der Waals surface area contributed by atoms with Gasteiger partial charge in [-0.25, -0.2) is 22.0 Å². The van der Waals surface area contributed by atoms with E-state index in [2.05, 4.69) is 0 Å². The highest BCUT2D eigenvalue weighted by molar-refractivity contribution is 6.08. The van der Waals surface area contributed by atoms with Crippen molar-refractivity contribution in [2.24, 2.45) is 10.8 Å². The summed E-state index contributed by atoms with van der Waals surface area (Å²) in [5.74, 6) is -12.3. The third-order valence-corrected chi connectivity index (χ3v) is 5.51. The molecule has 1 aromatic carbocycles. The second kappa shape index (κ2) is 6.03. The molecule has 3 nitrogen and oxygen atoms in total. The lowest BCUT2D eigenvalue weighted by molar-refractivity contribution is -0.193. The summed E-state index contributed by atoms with van der Waals surface area (Å²) < 4.78 is 74.6. The zero-order valence-electron chi connectivity index (χ0n) is 14.2. The smallest absolute Gasteiger partial charge is 0.319 e. The number of esters is 1. The van der Waals surface area contributed by atoms with Gasteiger partial charge in [-0.15, -0.1) is 0 Å². The highest BCUT2D eigenvalue weighted by Crippen LogP contribution is 2.56. The molecular formula is C18H17F5O3. The number of halogens is 5. The average molecular weight is 376 g/mol. The van der Waals surface area contributed by atoms with Gasteiger partial charge in [0.05, 0.1) is 11.0 Å². The largest absolute Gasteiger partial charge is 0.455 e. The normalized spacial score (nSPS) is 24.7. The molecule has 1 aromatic rings. The fourth-order valence-electron chi connectivity index (χ4n) is 4.06. The third kappa shape index (κ3) is 2.37. The molecule has 2 aliphatic rings. The van der Waals surface area contributed by atoms with Crippen molar-refractivity contribution in [3.8, 4) is 0 Å². The van der Waals surface area contributed by atoms with Crippen molar-refractivity contribution >= 4 is 11.8 Å². The van der Waals surface area contributed by atoms with E-state index >= 15 is 0 Å². The lowest BCUT2D eigenvalue weighted by Crippen LogP contribution is -2.56. The Bertz CT molecular complexity index is 768. The number of hydrogen-bond acceptors (Lipinski definition) is 3. The van der Waals surface area contributed by atoms with E-state index < -0.39 is 63.3 Å². The van der Waals surface area contributed by atoms with Gasteiger partial charge in [0.2, 0.25) is 5.82 Å². The number of carbonyl (C=O) groups is 2. The van der Waals surface area contributed by atoms with E-state index in [-0.39, 0.29) is 12.8 Å². The molecular weight excluding hydrogens is 359 g/mol. The second-order valence-corrected chi connectivity index (χ2v) is 7.44. The van der Waals surface area contributed by atoms with Crippen molar-refractivity contribution in [3.63, 3.8) is 0 Å². The third-order valence-electron chi connectivity index (χ3n) is 5.51. The van der Waals surface area contributed by atoms with Crippen LogP contribution in [0.15, 0.2) is 0 Å². The lowest BCUT2D eigenvalue weighted by Gasteiger charge is -2.49. The molecule has 0 amide bonds. The molecule has 1 atom stereocenters. The molecule has 1 saturated carbocycles. The van der Waals surface area contributed by atoms with E-state index in [0.717, 1.165) is 6.42 Å². The maximum Gasteiger partial charge on any atom is 0.319 e. The minimum atomic E-state index is -2.30. The van der Waals surface area contributed by atoms with Crippen molar-refractivity contribution < 1.29 is 36.3 Å². The van der Waals surface area contributed by atoms with Gasteiger partial charge in [0, 0.05) is 0 Å². The van der Waals surface area contributed by atoms with Gasteiger partial charge in [0.15, 0.2) is 29.1 Å². The van der Waals surface area contributed by atoms with Crippen LogP contribution in [-0.4, -0.2) is 11.8 Å². The lowest BCUT2D eigenvalue weighted by atomic mass is 9.58. The van der Waals surface area contributed by atoms with Crippen molar-refractivity contribution in [1.29, 1.82) is 0 Å². The van der Waals surface area contributed by atoms with Gasteiger partial charge in [-0.3, -0.25) is 9.59 Å². The number of benzene rings is 1. The second-order valence-electron chi connectivity index (χ2n) is 7.44. The first-order chi connectivity index (χ1) is 12.1. The number of carbonyl (C=O) groups excluding carboxylic acids is 2. The number of Topliss-reactive ketones (excluding diaryl/α,β-unsaturated/α-hetero) is 1. The van der Waals surface area contributed by atoms with Crippen LogP contribution in [0.25, 0.3) is 0 Å². The van der Waals surface area contributed by atoms with Crippen LogP contribution in [0.2, 0.25) is 0 Å². The molecule has 1 heterocycles. The summed E-state index contributed by atoms with van der Waals surface area (Å²) in [5.41, 5.74) is -4.31. The number of ketones is 1. The summed E-state index contributed by atoms with van der Waals surface area (Å²) >= 11 is 0. The summed E-state index contributed by atoms with van der Waals surface area (Å²) in [7, 11) is 0. The van der Waals surface area contributed by atoms with Crippen LogP contribution in [0.4, 0.5) is 22.0 Å². The Hall–Kier alpha value is -1.99. The van der Waals surface area contributed by atoms with Crippen molar-refractivity contribution in [2.75, 3.05) is 0 Å². The quantitative estimate of drug-likeness (QED) is 0.238. The van der Waals surface area contributed by atoms with Gasteiger partial charge in [0.25, 0.3) is 0 Å². The predicted molar refractivity (Wildman–Crippen MR) is 79.4 cm³/mol. The minimum absolute atomic E-state index is 0.146. The van der Waals surface area contributed by atoms with Crippen molar-refractivity contribution in [2.45, 2.75) is 52.1 Å². The van der Waals surface area contributed by atoms with E-state index in [0.29, 0.717) is 12.8 Å². The average Bonchev–Trinajstić information content (AvgIpc) is 2.62. The molecule has 1 spiro atoms. The zero-order valence-corrected chi connectivity index (χ0v) is 14.2. The summed E-state index contributed by atoms with van der Waals surface area (Å²) in [5, 5.41) is 0.